The Morgan fingerprint density at radius 2 is 2.05 bits per heavy atom. The van der Waals surface area contributed by atoms with Gasteiger partial charge in [0.15, 0.2) is 0 Å². The quantitative estimate of drug-likeness (QED) is 0.908. The Labute approximate surface area is 118 Å². The number of carboxylic acid groups (broad SMARTS) is 1. The van der Waals surface area contributed by atoms with Crippen LogP contribution >= 0.6 is 22.9 Å². The van der Waals surface area contributed by atoms with Crippen LogP contribution in [0.4, 0.5) is 5.69 Å². The molecule has 2 rings (SSSR count). The van der Waals surface area contributed by atoms with Gasteiger partial charge in [0.1, 0.15) is 4.88 Å². The molecule has 1 aromatic heterocycles. The number of aryl methyl sites for hydroxylation is 1. The van der Waals surface area contributed by atoms with Gasteiger partial charge in [-0.1, -0.05) is 11.6 Å². The second kappa shape index (κ2) is 5.42. The molecule has 0 fully saturated rings. The van der Waals surface area contributed by atoms with Crippen LogP contribution in [0.5, 0.6) is 0 Å². The lowest BCUT2D eigenvalue weighted by Crippen LogP contribution is -2.11. The maximum Gasteiger partial charge on any atom is 0.335 e. The molecule has 1 amide bonds. The predicted octanol–water partition coefficient (Wildman–Crippen LogP) is 3.66. The molecule has 0 aliphatic rings. The summed E-state index contributed by atoms with van der Waals surface area (Å²) in [4.78, 5) is 23.2. The Morgan fingerprint density at radius 3 is 2.58 bits per heavy atom. The highest BCUT2D eigenvalue weighted by atomic mass is 35.5. The first-order valence-electron chi connectivity index (χ1n) is 5.37. The van der Waals surface area contributed by atoms with Crippen molar-refractivity contribution < 1.29 is 14.7 Å². The van der Waals surface area contributed by atoms with E-state index in [0.29, 0.717) is 21.2 Å². The van der Waals surface area contributed by atoms with Gasteiger partial charge in [0.05, 0.1) is 10.6 Å². The highest BCUT2D eigenvalue weighted by Gasteiger charge is 2.13. The van der Waals surface area contributed by atoms with E-state index >= 15 is 0 Å². The van der Waals surface area contributed by atoms with Crippen LogP contribution in [0.2, 0.25) is 5.02 Å². The molecule has 4 nitrogen and oxygen atoms in total. The number of benzene rings is 1. The van der Waals surface area contributed by atoms with Crippen molar-refractivity contribution in [3.05, 3.63) is 50.7 Å². The van der Waals surface area contributed by atoms with E-state index in [0.717, 1.165) is 0 Å². The number of hydrogen-bond acceptors (Lipinski definition) is 3. The maximum atomic E-state index is 11.9. The number of carbonyl (C=O) groups excluding carboxylic acids is 1. The van der Waals surface area contributed by atoms with Gasteiger partial charge in [0, 0.05) is 5.69 Å². The number of amides is 1. The highest BCUT2D eigenvalue weighted by molar-refractivity contribution is 7.12. The fourth-order valence-electron chi connectivity index (χ4n) is 1.63. The van der Waals surface area contributed by atoms with Crippen LogP contribution in [-0.4, -0.2) is 17.0 Å². The number of halogens is 1. The summed E-state index contributed by atoms with van der Waals surface area (Å²) >= 11 is 7.12. The molecule has 0 saturated heterocycles. The van der Waals surface area contributed by atoms with Crippen molar-refractivity contribution in [1.82, 2.24) is 0 Å². The van der Waals surface area contributed by atoms with Gasteiger partial charge >= 0.3 is 5.97 Å². The Hall–Kier alpha value is -1.85. The fraction of sp³-hybridized carbons (Fsp3) is 0.0769. The topological polar surface area (TPSA) is 66.4 Å². The summed E-state index contributed by atoms with van der Waals surface area (Å²) in [5.41, 5.74) is 1.34. The van der Waals surface area contributed by atoms with Gasteiger partial charge in [-0.3, -0.25) is 4.79 Å². The van der Waals surface area contributed by atoms with Crippen LogP contribution < -0.4 is 5.32 Å². The summed E-state index contributed by atoms with van der Waals surface area (Å²) in [5.74, 6) is -1.29. The van der Waals surface area contributed by atoms with E-state index in [-0.39, 0.29) is 11.5 Å². The normalized spacial score (nSPS) is 10.2. The van der Waals surface area contributed by atoms with Crippen LogP contribution in [-0.2, 0) is 0 Å². The van der Waals surface area contributed by atoms with Gasteiger partial charge in [-0.05, 0) is 42.1 Å². The first-order chi connectivity index (χ1) is 8.99. The molecule has 2 N–H and O–H groups in total. The standard InChI is InChI=1S/C13H10ClNO3S/c1-7-6-8(2-3-9(7)13(17)18)15-12(16)11-10(14)4-5-19-11/h2-6H,1H3,(H,15,16)(H,17,18). The largest absolute Gasteiger partial charge is 0.478 e. The van der Waals surface area contributed by atoms with E-state index in [9.17, 15) is 9.59 Å². The average Bonchev–Trinajstić information content (AvgIpc) is 2.75. The second-order valence-corrected chi connectivity index (χ2v) is 5.21. The summed E-state index contributed by atoms with van der Waals surface area (Å²) in [5, 5.41) is 13.7. The number of nitrogens with one attached hydrogen (secondary N) is 1. The number of hydrogen-bond donors (Lipinski definition) is 2. The molecule has 0 atom stereocenters. The van der Waals surface area contributed by atoms with Crippen LogP contribution in [0.25, 0.3) is 0 Å². The fourth-order valence-corrected chi connectivity index (χ4v) is 2.66. The number of rotatable bonds is 3. The van der Waals surface area contributed by atoms with Crippen molar-refractivity contribution >= 4 is 40.5 Å². The maximum absolute atomic E-state index is 11.9. The SMILES string of the molecule is Cc1cc(NC(=O)c2sccc2Cl)ccc1C(=O)O. The lowest BCUT2D eigenvalue weighted by Gasteiger charge is -2.07. The van der Waals surface area contributed by atoms with E-state index in [1.807, 2.05) is 0 Å². The van der Waals surface area contributed by atoms with Gasteiger partial charge < -0.3 is 10.4 Å². The minimum absolute atomic E-state index is 0.215. The van der Waals surface area contributed by atoms with Gasteiger partial charge in [-0.15, -0.1) is 11.3 Å². The minimum Gasteiger partial charge on any atom is -0.478 e. The Balaban J connectivity index is 2.21. The van der Waals surface area contributed by atoms with Crippen molar-refractivity contribution in [3.63, 3.8) is 0 Å². The van der Waals surface area contributed by atoms with Crippen molar-refractivity contribution in [2.45, 2.75) is 6.92 Å². The molecule has 0 aliphatic heterocycles. The lowest BCUT2D eigenvalue weighted by atomic mass is 10.1. The number of anilines is 1. The first-order valence-corrected chi connectivity index (χ1v) is 6.63. The molecule has 6 heteroatoms. The van der Waals surface area contributed by atoms with E-state index in [2.05, 4.69) is 5.32 Å². The monoisotopic (exact) mass is 295 g/mol. The van der Waals surface area contributed by atoms with Crippen LogP contribution in [0.15, 0.2) is 29.6 Å². The van der Waals surface area contributed by atoms with Gasteiger partial charge in [0.25, 0.3) is 5.91 Å². The van der Waals surface area contributed by atoms with Crippen LogP contribution in [0.3, 0.4) is 0 Å². The van der Waals surface area contributed by atoms with E-state index in [4.69, 9.17) is 16.7 Å². The van der Waals surface area contributed by atoms with E-state index in [1.165, 1.54) is 17.4 Å². The van der Waals surface area contributed by atoms with Crippen molar-refractivity contribution in [3.8, 4) is 0 Å². The second-order valence-electron chi connectivity index (χ2n) is 3.89. The Kier molecular flexibility index (Phi) is 3.87. The van der Waals surface area contributed by atoms with Gasteiger partial charge in [0.2, 0.25) is 0 Å². The number of aromatic carboxylic acids is 1. The zero-order valence-electron chi connectivity index (χ0n) is 9.94. The molecule has 0 saturated carbocycles. The number of carbonyl (C=O) groups is 2. The molecule has 19 heavy (non-hydrogen) atoms. The zero-order chi connectivity index (χ0) is 14.0. The van der Waals surface area contributed by atoms with E-state index in [1.54, 1.807) is 30.5 Å². The van der Waals surface area contributed by atoms with Crippen molar-refractivity contribution in [2.75, 3.05) is 5.32 Å². The molecule has 98 valence electrons. The first kappa shape index (κ1) is 13.6. The molecule has 1 heterocycles. The highest BCUT2D eigenvalue weighted by Crippen LogP contribution is 2.23. The third-order valence-electron chi connectivity index (χ3n) is 2.54. The molecule has 0 radical (unpaired) electrons. The third-order valence-corrected chi connectivity index (χ3v) is 3.88. The third kappa shape index (κ3) is 2.94. The number of thiophene rings is 1. The summed E-state index contributed by atoms with van der Waals surface area (Å²) in [6.07, 6.45) is 0. The molecule has 0 aliphatic carbocycles. The molecule has 0 bridgehead atoms. The van der Waals surface area contributed by atoms with Crippen molar-refractivity contribution in [1.29, 1.82) is 0 Å². The van der Waals surface area contributed by atoms with Crippen molar-refractivity contribution in [2.24, 2.45) is 0 Å². The molecular formula is C13H10ClNO3S. The van der Waals surface area contributed by atoms with E-state index < -0.39 is 5.97 Å². The van der Waals surface area contributed by atoms with Gasteiger partial charge in [-0.2, -0.15) is 0 Å². The van der Waals surface area contributed by atoms with Crippen LogP contribution in [0, 0.1) is 6.92 Å². The minimum atomic E-state index is -0.989. The molecular weight excluding hydrogens is 286 g/mol. The molecule has 2 aromatic rings. The molecule has 0 unspecified atom stereocenters. The molecule has 0 spiro atoms. The summed E-state index contributed by atoms with van der Waals surface area (Å²) < 4.78 is 0. The molecule has 1 aromatic carbocycles. The smallest absolute Gasteiger partial charge is 0.335 e. The Bertz CT molecular complexity index is 651. The summed E-state index contributed by atoms with van der Waals surface area (Å²) in [6, 6.07) is 6.28. The lowest BCUT2D eigenvalue weighted by molar-refractivity contribution is 0.0696. The summed E-state index contributed by atoms with van der Waals surface area (Å²) in [6.45, 7) is 1.68. The summed E-state index contributed by atoms with van der Waals surface area (Å²) in [7, 11) is 0. The van der Waals surface area contributed by atoms with Crippen LogP contribution in [0.1, 0.15) is 25.6 Å². The average molecular weight is 296 g/mol. The number of carboxylic acids is 1. The predicted molar refractivity (Wildman–Crippen MR) is 75.4 cm³/mol. The zero-order valence-corrected chi connectivity index (χ0v) is 11.5. The van der Waals surface area contributed by atoms with Gasteiger partial charge in [-0.25, -0.2) is 4.79 Å². The Morgan fingerprint density at radius 1 is 1.32 bits per heavy atom.